The van der Waals surface area contributed by atoms with Crippen LogP contribution in [0.15, 0.2) is 42.5 Å². The van der Waals surface area contributed by atoms with Crippen LogP contribution >= 0.6 is 0 Å². The number of nitro benzene ring substituents is 1. The van der Waals surface area contributed by atoms with Gasteiger partial charge in [0.2, 0.25) is 0 Å². The zero-order valence-corrected chi connectivity index (χ0v) is 22.3. The van der Waals surface area contributed by atoms with Gasteiger partial charge in [-0.1, -0.05) is 50.8 Å². The predicted octanol–water partition coefficient (Wildman–Crippen LogP) is 8.05. The molecule has 0 spiro atoms. The van der Waals surface area contributed by atoms with Crippen LogP contribution in [0.5, 0.6) is 0 Å². The second-order valence-corrected chi connectivity index (χ2v) is 10.9. The summed E-state index contributed by atoms with van der Waals surface area (Å²) in [4.78, 5) is 36.5. The number of non-ortho nitro benzene ring substituents is 1. The summed E-state index contributed by atoms with van der Waals surface area (Å²) in [6, 6.07) is 11.6. The highest BCUT2D eigenvalue weighted by atomic mass is 16.6. The number of hydrogen-bond donors (Lipinski definition) is 2. The Morgan fingerprint density at radius 3 is 2.35 bits per heavy atom. The van der Waals surface area contributed by atoms with Crippen LogP contribution in [-0.4, -0.2) is 22.5 Å². The Morgan fingerprint density at radius 2 is 1.70 bits per heavy atom. The van der Waals surface area contributed by atoms with Crippen molar-refractivity contribution in [3.8, 4) is 0 Å². The summed E-state index contributed by atoms with van der Waals surface area (Å²) in [6.07, 6.45) is 8.81. The number of nitro groups is 1. The van der Waals surface area contributed by atoms with Gasteiger partial charge in [-0.25, -0.2) is 4.79 Å². The third-order valence-corrected chi connectivity index (χ3v) is 6.81. The molecule has 0 bridgehead atoms. The molecule has 200 valence electrons. The van der Waals surface area contributed by atoms with Gasteiger partial charge in [0.1, 0.15) is 5.60 Å². The zero-order chi connectivity index (χ0) is 27.0. The molecule has 1 fully saturated rings. The lowest BCUT2D eigenvalue weighted by Gasteiger charge is -2.30. The SMILES string of the molecule is CCCCC[C@H]1CC[C@H](c2ccccc2C(=O)Nc2ccc([N+](=O)[O-])cc2NC(=O)OC(C)(C)C)CC1. The van der Waals surface area contributed by atoms with E-state index in [9.17, 15) is 19.7 Å². The number of rotatable bonds is 9. The molecule has 0 aromatic heterocycles. The maximum atomic E-state index is 13.4. The lowest BCUT2D eigenvalue weighted by molar-refractivity contribution is -0.384. The highest BCUT2D eigenvalue weighted by Crippen LogP contribution is 2.39. The number of carbonyl (C=O) groups excluding carboxylic acids is 2. The van der Waals surface area contributed by atoms with Gasteiger partial charge >= 0.3 is 6.09 Å². The van der Waals surface area contributed by atoms with Crippen molar-refractivity contribution in [1.29, 1.82) is 0 Å². The average Bonchev–Trinajstić information content (AvgIpc) is 2.84. The molecule has 0 atom stereocenters. The van der Waals surface area contributed by atoms with E-state index >= 15 is 0 Å². The summed E-state index contributed by atoms with van der Waals surface area (Å²) in [6.45, 7) is 7.39. The van der Waals surface area contributed by atoms with E-state index in [0.717, 1.165) is 24.3 Å². The molecular formula is C29H39N3O5. The van der Waals surface area contributed by atoms with Crippen LogP contribution in [0, 0.1) is 16.0 Å². The monoisotopic (exact) mass is 509 g/mol. The minimum atomic E-state index is -0.764. The summed E-state index contributed by atoms with van der Waals surface area (Å²) in [5.41, 5.74) is 1.01. The van der Waals surface area contributed by atoms with Crippen molar-refractivity contribution >= 4 is 29.1 Å². The summed E-state index contributed by atoms with van der Waals surface area (Å²) in [7, 11) is 0. The van der Waals surface area contributed by atoms with Gasteiger partial charge in [-0.2, -0.15) is 0 Å². The fraction of sp³-hybridized carbons (Fsp3) is 0.517. The lowest BCUT2D eigenvalue weighted by atomic mass is 9.76. The fourth-order valence-corrected chi connectivity index (χ4v) is 4.97. The number of ether oxygens (including phenoxy) is 1. The van der Waals surface area contributed by atoms with Crippen molar-refractivity contribution in [2.75, 3.05) is 10.6 Å². The molecule has 8 nitrogen and oxygen atoms in total. The van der Waals surface area contributed by atoms with Crippen LogP contribution in [-0.2, 0) is 4.74 Å². The Hall–Kier alpha value is -3.42. The summed E-state index contributed by atoms with van der Waals surface area (Å²) in [5.74, 6) is 0.771. The largest absolute Gasteiger partial charge is 0.444 e. The van der Waals surface area contributed by atoms with E-state index in [1.54, 1.807) is 20.8 Å². The molecule has 1 aliphatic rings. The minimum absolute atomic E-state index is 0.0990. The van der Waals surface area contributed by atoms with Gasteiger partial charge in [0.05, 0.1) is 16.3 Å². The van der Waals surface area contributed by atoms with Crippen molar-refractivity contribution < 1.29 is 19.2 Å². The molecule has 0 heterocycles. The Morgan fingerprint density at radius 1 is 1.00 bits per heavy atom. The molecule has 0 saturated heterocycles. The molecule has 2 aromatic carbocycles. The molecule has 0 unspecified atom stereocenters. The van der Waals surface area contributed by atoms with Gasteiger partial charge in [-0.05, 0) is 76.0 Å². The zero-order valence-electron chi connectivity index (χ0n) is 22.3. The van der Waals surface area contributed by atoms with E-state index in [2.05, 4.69) is 17.6 Å². The van der Waals surface area contributed by atoms with Gasteiger partial charge in [-0.15, -0.1) is 0 Å². The molecule has 2 amide bonds. The minimum Gasteiger partial charge on any atom is -0.444 e. The van der Waals surface area contributed by atoms with Crippen LogP contribution in [0.25, 0.3) is 0 Å². The lowest BCUT2D eigenvalue weighted by Crippen LogP contribution is -2.27. The number of amides is 2. The number of nitrogens with zero attached hydrogens (tertiary/aromatic N) is 1. The first-order chi connectivity index (χ1) is 17.6. The predicted molar refractivity (Wildman–Crippen MR) is 146 cm³/mol. The Balaban J connectivity index is 1.77. The van der Waals surface area contributed by atoms with E-state index in [4.69, 9.17) is 4.74 Å². The number of anilines is 2. The van der Waals surface area contributed by atoms with Gasteiger partial charge < -0.3 is 10.1 Å². The summed E-state index contributed by atoms with van der Waals surface area (Å²) < 4.78 is 5.29. The van der Waals surface area contributed by atoms with E-state index in [1.807, 2.05) is 24.3 Å². The molecule has 0 radical (unpaired) electrons. The van der Waals surface area contributed by atoms with Crippen molar-refractivity contribution in [2.45, 2.75) is 90.6 Å². The Bertz CT molecular complexity index is 1100. The number of hydrogen-bond acceptors (Lipinski definition) is 5. The molecule has 3 rings (SSSR count). The second kappa shape index (κ2) is 12.7. The molecular weight excluding hydrogens is 470 g/mol. The van der Waals surface area contributed by atoms with Crippen molar-refractivity contribution in [3.63, 3.8) is 0 Å². The van der Waals surface area contributed by atoms with Crippen LogP contribution in [0.3, 0.4) is 0 Å². The van der Waals surface area contributed by atoms with Crippen LogP contribution in [0.2, 0.25) is 0 Å². The first-order valence-corrected chi connectivity index (χ1v) is 13.3. The molecule has 37 heavy (non-hydrogen) atoms. The highest BCUT2D eigenvalue weighted by molar-refractivity contribution is 6.08. The Labute approximate surface area is 219 Å². The van der Waals surface area contributed by atoms with E-state index in [0.29, 0.717) is 11.5 Å². The van der Waals surface area contributed by atoms with Gasteiger partial charge in [0.25, 0.3) is 11.6 Å². The average molecular weight is 510 g/mol. The third-order valence-electron chi connectivity index (χ3n) is 6.81. The quantitative estimate of drug-likeness (QED) is 0.202. The third kappa shape index (κ3) is 8.30. The van der Waals surface area contributed by atoms with E-state index < -0.39 is 16.6 Å². The van der Waals surface area contributed by atoms with Gasteiger partial charge in [-0.3, -0.25) is 20.2 Å². The first-order valence-electron chi connectivity index (χ1n) is 13.3. The van der Waals surface area contributed by atoms with Crippen LogP contribution in [0.1, 0.15) is 101 Å². The highest BCUT2D eigenvalue weighted by Gasteiger charge is 2.26. The standard InChI is InChI=1S/C29H39N3O5/c1-5-6-7-10-20-13-15-21(16-14-20)23-11-8-9-12-24(23)27(33)30-25-18-17-22(32(35)36)19-26(25)31-28(34)37-29(2,3)4/h8-9,11-12,17-21H,5-7,10,13-16H2,1-4H3,(H,30,33)(H,31,34)/t20-,21-. The first kappa shape index (κ1) is 28.2. The Kier molecular flexibility index (Phi) is 9.66. The maximum absolute atomic E-state index is 13.4. The maximum Gasteiger partial charge on any atom is 0.412 e. The van der Waals surface area contributed by atoms with Crippen molar-refractivity contribution in [1.82, 2.24) is 0 Å². The number of unbranched alkanes of at least 4 members (excludes halogenated alkanes) is 2. The molecule has 2 N–H and O–H groups in total. The number of carbonyl (C=O) groups is 2. The number of benzene rings is 2. The molecule has 1 aliphatic carbocycles. The fourth-order valence-electron chi connectivity index (χ4n) is 4.97. The van der Waals surface area contributed by atoms with Gasteiger partial charge in [0, 0.05) is 17.7 Å². The normalized spacial score (nSPS) is 17.6. The molecule has 1 saturated carbocycles. The second-order valence-electron chi connectivity index (χ2n) is 10.9. The van der Waals surface area contributed by atoms with Crippen LogP contribution in [0.4, 0.5) is 21.9 Å². The smallest absolute Gasteiger partial charge is 0.412 e. The van der Waals surface area contributed by atoms with Crippen molar-refractivity contribution in [2.24, 2.45) is 5.92 Å². The van der Waals surface area contributed by atoms with E-state index in [-0.39, 0.29) is 23.0 Å². The topological polar surface area (TPSA) is 111 Å². The summed E-state index contributed by atoms with van der Waals surface area (Å²) in [5, 5.41) is 16.7. The molecule has 2 aromatic rings. The number of nitrogens with one attached hydrogen (secondary N) is 2. The molecule has 8 heteroatoms. The van der Waals surface area contributed by atoms with Crippen LogP contribution < -0.4 is 10.6 Å². The molecule has 0 aliphatic heterocycles. The van der Waals surface area contributed by atoms with E-state index in [1.165, 1.54) is 56.7 Å². The van der Waals surface area contributed by atoms with Gasteiger partial charge in [0.15, 0.2) is 0 Å². The van der Waals surface area contributed by atoms with Crippen molar-refractivity contribution in [3.05, 3.63) is 63.7 Å². The summed E-state index contributed by atoms with van der Waals surface area (Å²) >= 11 is 0.